The fourth-order valence-electron chi connectivity index (χ4n) is 3.01. The zero-order chi connectivity index (χ0) is 15.7. The molecule has 1 aliphatic heterocycles. The molecule has 0 aliphatic carbocycles. The number of hydrogen-bond donors (Lipinski definition) is 1. The first-order valence-corrected chi connectivity index (χ1v) is 7.62. The minimum absolute atomic E-state index is 0.0115. The van der Waals surface area contributed by atoms with E-state index in [0.29, 0.717) is 17.3 Å². The summed E-state index contributed by atoms with van der Waals surface area (Å²) < 4.78 is 26.5. The van der Waals surface area contributed by atoms with E-state index in [1.54, 1.807) is 6.07 Å². The highest BCUT2D eigenvalue weighted by atomic mass is 35.5. The van der Waals surface area contributed by atoms with Crippen LogP contribution in [0.15, 0.2) is 42.5 Å². The van der Waals surface area contributed by atoms with E-state index in [-0.39, 0.29) is 12.0 Å². The summed E-state index contributed by atoms with van der Waals surface area (Å²) in [6.45, 7) is 1.36. The van der Waals surface area contributed by atoms with Gasteiger partial charge in [-0.2, -0.15) is 0 Å². The Labute approximate surface area is 133 Å². The highest BCUT2D eigenvalue weighted by molar-refractivity contribution is 6.30. The first kappa shape index (κ1) is 15.3. The molecule has 2 aromatic carbocycles. The summed E-state index contributed by atoms with van der Waals surface area (Å²) in [6.07, 6.45) is 0.863. The number of hydrogen-bond acceptors (Lipinski definition) is 2. The molecule has 2 nitrogen and oxygen atoms in total. The number of rotatable bonds is 2. The molecule has 2 atom stereocenters. The lowest BCUT2D eigenvalue weighted by Crippen LogP contribution is -2.46. The van der Waals surface area contributed by atoms with Gasteiger partial charge in [0.25, 0.3) is 0 Å². The highest BCUT2D eigenvalue weighted by Crippen LogP contribution is 2.30. The van der Waals surface area contributed by atoms with E-state index in [2.05, 4.69) is 0 Å². The van der Waals surface area contributed by atoms with Crippen molar-refractivity contribution in [2.24, 2.45) is 5.73 Å². The Bertz CT molecular complexity index is 660. The molecule has 2 aromatic rings. The monoisotopic (exact) mass is 322 g/mol. The van der Waals surface area contributed by atoms with Crippen molar-refractivity contribution in [2.75, 3.05) is 18.0 Å². The summed E-state index contributed by atoms with van der Waals surface area (Å²) in [5.74, 6) is -1.42. The van der Waals surface area contributed by atoms with Crippen LogP contribution in [0, 0.1) is 11.6 Å². The minimum atomic E-state index is -0.834. The molecule has 5 heteroatoms. The van der Waals surface area contributed by atoms with Crippen LogP contribution >= 0.6 is 11.6 Å². The number of nitrogens with two attached hydrogens (primary N) is 1. The Kier molecular flexibility index (Phi) is 4.32. The van der Waals surface area contributed by atoms with Gasteiger partial charge in [-0.3, -0.25) is 0 Å². The van der Waals surface area contributed by atoms with Crippen LogP contribution in [0.3, 0.4) is 0 Å². The summed E-state index contributed by atoms with van der Waals surface area (Å²) in [4.78, 5) is 2.01. The fourth-order valence-corrected chi connectivity index (χ4v) is 3.13. The number of anilines is 1. The van der Waals surface area contributed by atoms with Crippen molar-refractivity contribution in [3.05, 3.63) is 64.7 Å². The molecular weight excluding hydrogens is 306 g/mol. The first-order valence-electron chi connectivity index (χ1n) is 7.24. The van der Waals surface area contributed by atoms with Gasteiger partial charge in [-0.05, 0) is 36.2 Å². The molecule has 0 bridgehead atoms. The van der Waals surface area contributed by atoms with Crippen LogP contribution in [-0.2, 0) is 0 Å². The van der Waals surface area contributed by atoms with E-state index < -0.39 is 11.6 Å². The molecule has 0 spiro atoms. The number of piperidine rings is 1. The smallest absolute Gasteiger partial charge is 0.160 e. The van der Waals surface area contributed by atoms with Gasteiger partial charge in [0.2, 0.25) is 0 Å². The summed E-state index contributed by atoms with van der Waals surface area (Å²) in [5.41, 5.74) is 7.97. The standard InChI is InChI=1S/C17H17ClF2N2/c18-13-3-1-11(2-4-13)12-7-14(21)10-22(9-12)15-5-6-16(19)17(20)8-15/h1-6,8,12,14H,7,9-10,21H2. The maximum atomic E-state index is 13.4. The second-order valence-corrected chi connectivity index (χ2v) is 6.18. The van der Waals surface area contributed by atoms with Crippen molar-refractivity contribution in [2.45, 2.75) is 18.4 Å². The molecule has 1 fully saturated rings. The van der Waals surface area contributed by atoms with Crippen LogP contribution in [0.1, 0.15) is 17.9 Å². The van der Waals surface area contributed by atoms with Gasteiger partial charge >= 0.3 is 0 Å². The normalized spacial score (nSPS) is 21.9. The van der Waals surface area contributed by atoms with Gasteiger partial charge in [-0.25, -0.2) is 8.78 Å². The molecule has 0 amide bonds. The van der Waals surface area contributed by atoms with Gasteiger partial charge in [0.05, 0.1) is 0 Å². The van der Waals surface area contributed by atoms with Gasteiger partial charge in [-0.1, -0.05) is 23.7 Å². The maximum absolute atomic E-state index is 13.4. The molecule has 1 aliphatic rings. The molecule has 1 saturated heterocycles. The third kappa shape index (κ3) is 3.23. The average molecular weight is 323 g/mol. The maximum Gasteiger partial charge on any atom is 0.160 e. The Balaban J connectivity index is 1.84. The molecule has 3 rings (SSSR count). The molecule has 1 heterocycles. The van der Waals surface area contributed by atoms with Gasteiger partial charge in [0.1, 0.15) is 0 Å². The van der Waals surface area contributed by atoms with Crippen LogP contribution in [-0.4, -0.2) is 19.1 Å². The molecule has 2 N–H and O–H groups in total. The Morgan fingerprint density at radius 2 is 1.73 bits per heavy atom. The third-order valence-electron chi connectivity index (χ3n) is 4.09. The predicted molar refractivity (Wildman–Crippen MR) is 85.4 cm³/mol. The number of nitrogens with zero attached hydrogens (tertiary/aromatic N) is 1. The first-order chi connectivity index (χ1) is 10.5. The summed E-state index contributed by atoms with van der Waals surface area (Å²) >= 11 is 5.92. The van der Waals surface area contributed by atoms with E-state index >= 15 is 0 Å². The van der Waals surface area contributed by atoms with E-state index in [0.717, 1.165) is 24.6 Å². The lowest BCUT2D eigenvalue weighted by atomic mass is 9.88. The second kappa shape index (κ2) is 6.23. The van der Waals surface area contributed by atoms with E-state index in [4.69, 9.17) is 17.3 Å². The summed E-state index contributed by atoms with van der Waals surface area (Å²) in [5, 5.41) is 0.696. The van der Waals surface area contributed by atoms with Gasteiger partial charge in [-0.15, -0.1) is 0 Å². The molecular formula is C17H17ClF2N2. The Morgan fingerprint density at radius 3 is 2.41 bits per heavy atom. The largest absolute Gasteiger partial charge is 0.369 e. The fraction of sp³-hybridized carbons (Fsp3) is 0.294. The number of halogens is 3. The van der Waals surface area contributed by atoms with Crippen molar-refractivity contribution in [3.63, 3.8) is 0 Å². The van der Waals surface area contributed by atoms with Crippen LogP contribution in [0.25, 0.3) is 0 Å². The quantitative estimate of drug-likeness (QED) is 0.907. The molecule has 0 saturated carbocycles. The van der Waals surface area contributed by atoms with Gasteiger partial charge in [0.15, 0.2) is 11.6 Å². The van der Waals surface area contributed by atoms with Crippen molar-refractivity contribution in [3.8, 4) is 0 Å². The van der Waals surface area contributed by atoms with Crippen LogP contribution in [0.4, 0.5) is 14.5 Å². The molecule has 0 radical (unpaired) electrons. The summed E-state index contributed by atoms with van der Waals surface area (Å²) in [6, 6.07) is 11.7. The average Bonchev–Trinajstić information content (AvgIpc) is 2.50. The topological polar surface area (TPSA) is 29.3 Å². The number of benzene rings is 2. The SMILES string of the molecule is NC1CC(c2ccc(Cl)cc2)CN(c2ccc(F)c(F)c2)C1. The van der Waals surface area contributed by atoms with Crippen molar-refractivity contribution >= 4 is 17.3 Å². The lowest BCUT2D eigenvalue weighted by molar-refractivity contribution is 0.452. The van der Waals surface area contributed by atoms with E-state index in [1.165, 1.54) is 6.07 Å². The zero-order valence-electron chi connectivity index (χ0n) is 12.0. The third-order valence-corrected chi connectivity index (χ3v) is 4.34. The molecule has 0 aromatic heterocycles. The highest BCUT2D eigenvalue weighted by Gasteiger charge is 2.26. The molecule has 116 valence electrons. The van der Waals surface area contributed by atoms with Crippen molar-refractivity contribution in [1.82, 2.24) is 0 Å². The Hall–Kier alpha value is -1.65. The lowest BCUT2D eigenvalue weighted by Gasteiger charge is -2.38. The van der Waals surface area contributed by atoms with Crippen LogP contribution in [0.5, 0.6) is 0 Å². The predicted octanol–water partition coefficient (Wildman–Crippen LogP) is 3.94. The van der Waals surface area contributed by atoms with E-state index in [9.17, 15) is 8.78 Å². The van der Waals surface area contributed by atoms with Crippen molar-refractivity contribution < 1.29 is 8.78 Å². The molecule has 22 heavy (non-hydrogen) atoms. The van der Waals surface area contributed by atoms with Crippen LogP contribution in [0.2, 0.25) is 5.02 Å². The zero-order valence-corrected chi connectivity index (χ0v) is 12.7. The molecule has 2 unspecified atom stereocenters. The second-order valence-electron chi connectivity index (χ2n) is 5.75. The minimum Gasteiger partial charge on any atom is -0.369 e. The Morgan fingerprint density at radius 1 is 1.00 bits per heavy atom. The van der Waals surface area contributed by atoms with Gasteiger partial charge in [0, 0.05) is 41.8 Å². The van der Waals surface area contributed by atoms with Crippen LogP contribution < -0.4 is 10.6 Å². The van der Waals surface area contributed by atoms with Gasteiger partial charge < -0.3 is 10.6 Å². The van der Waals surface area contributed by atoms with E-state index in [1.807, 2.05) is 29.2 Å². The summed E-state index contributed by atoms with van der Waals surface area (Å²) in [7, 11) is 0. The van der Waals surface area contributed by atoms with Crippen molar-refractivity contribution in [1.29, 1.82) is 0 Å².